The Kier molecular flexibility index (Phi) is 7.52. The zero-order valence-electron chi connectivity index (χ0n) is 19.0. The molecule has 0 saturated carbocycles. The number of aryl methyl sites for hydroxylation is 2. The van der Waals surface area contributed by atoms with E-state index in [9.17, 15) is 23.3 Å². The predicted octanol–water partition coefficient (Wildman–Crippen LogP) is 3.73. The zero-order valence-corrected chi connectivity index (χ0v) is 19.8. The fraction of sp³-hybridized carbons (Fsp3) is 0.208. The molecule has 0 heterocycles. The van der Waals surface area contributed by atoms with Gasteiger partial charge in [-0.25, -0.2) is 8.42 Å². The van der Waals surface area contributed by atoms with Crippen LogP contribution in [0.1, 0.15) is 16.7 Å². The third-order valence-corrected chi connectivity index (χ3v) is 6.99. The SMILES string of the molecule is COc1ccc(N(CC(=O)NCc2ccc(C)cc2)S(=O)(=O)c2ccc(C)c([N+](=O)[O-])c2)cc1. The largest absolute Gasteiger partial charge is 0.497 e. The van der Waals surface area contributed by atoms with Crippen molar-refractivity contribution in [2.45, 2.75) is 25.3 Å². The number of nitrogens with one attached hydrogen (secondary N) is 1. The number of amides is 1. The minimum absolute atomic E-state index is 0.217. The normalized spacial score (nSPS) is 11.0. The smallest absolute Gasteiger partial charge is 0.273 e. The van der Waals surface area contributed by atoms with Crippen molar-refractivity contribution in [1.29, 1.82) is 0 Å². The van der Waals surface area contributed by atoms with E-state index in [0.29, 0.717) is 11.3 Å². The average Bonchev–Trinajstić information content (AvgIpc) is 2.82. The van der Waals surface area contributed by atoms with Crippen molar-refractivity contribution in [2.24, 2.45) is 0 Å². The van der Waals surface area contributed by atoms with E-state index in [2.05, 4.69) is 5.32 Å². The van der Waals surface area contributed by atoms with Crippen molar-refractivity contribution in [3.63, 3.8) is 0 Å². The summed E-state index contributed by atoms with van der Waals surface area (Å²) in [6, 6.07) is 17.4. The van der Waals surface area contributed by atoms with Crippen LogP contribution in [0.3, 0.4) is 0 Å². The van der Waals surface area contributed by atoms with Crippen LogP contribution in [0, 0.1) is 24.0 Å². The highest BCUT2D eigenvalue weighted by Gasteiger charge is 2.29. The Hall–Kier alpha value is -3.92. The molecule has 9 nitrogen and oxygen atoms in total. The second-order valence-corrected chi connectivity index (χ2v) is 9.54. The van der Waals surface area contributed by atoms with Crippen molar-refractivity contribution >= 4 is 27.3 Å². The first-order valence-corrected chi connectivity index (χ1v) is 11.8. The summed E-state index contributed by atoms with van der Waals surface area (Å²) in [6.45, 7) is 3.19. The molecule has 0 atom stereocenters. The second-order valence-electron chi connectivity index (χ2n) is 7.68. The van der Waals surface area contributed by atoms with E-state index in [1.165, 1.54) is 38.3 Å². The van der Waals surface area contributed by atoms with Crippen LogP contribution < -0.4 is 14.4 Å². The number of carbonyl (C=O) groups excluding carboxylic acids is 1. The van der Waals surface area contributed by atoms with Gasteiger partial charge in [0, 0.05) is 18.2 Å². The minimum Gasteiger partial charge on any atom is -0.497 e. The van der Waals surface area contributed by atoms with Gasteiger partial charge in [0.05, 0.1) is 22.6 Å². The molecule has 1 amide bonds. The van der Waals surface area contributed by atoms with Crippen molar-refractivity contribution in [3.05, 3.63) is 93.5 Å². The lowest BCUT2D eigenvalue weighted by Gasteiger charge is -2.24. The van der Waals surface area contributed by atoms with Gasteiger partial charge in [0.2, 0.25) is 5.91 Å². The molecule has 3 aromatic carbocycles. The molecule has 0 fully saturated rings. The van der Waals surface area contributed by atoms with E-state index in [4.69, 9.17) is 4.74 Å². The van der Waals surface area contributed by atoms with Gasteiger partial charge in [-0.1, -0.05) is 35.9 Å². The van der Waals surface area contributed by atoms with E-state index in [-0.39, 0.29) is 22.8 Å². The van der Waals surface area contributed by atoms with Gasteiger partial charge in [0.25, 0.3) is 15.7 Å². The number of methoxy groups -OCH3 is 1. The molecule has 0 spiro atoms. The molecule has 0 bridgehead atoms. The number of anilines is 1. The van der Waals surface area contributed by atoms with Crippen LogP contribution >= 0.6 is 0 Å². The summed E-state index contributed by atoms with van der Waals surface area (Å²) in [4.78, 5) is 23.2. The maximum Gasteiger partial charge on any atom is 0.273 e. The molecule has 0 aliphatic carbocycles. The first kappa shape index (κ1) is 24.7. The Morgan fingerprint density at radius 3 is 2.26 bits per heavy atom. The van der Waals surface area contributed by atoms with E-state index >= 15 is 0 Å². The molecule has 1 N–H and O–H groups in total. The van der Waals surface area contributed by atoms with Gasteiger partial charge < -0.3 is 10.1 Å². The number of carbonyl (C=O) groups is 1. The molecular formula is C24H25N3O6S. The lowest BCUT2D eigenvalue weighted by atomic mass is 10.1. The van der Waals surface area contributed by atoms with Gasteiger partial charge in [-0.3, -0.25) is 19.2 Å². The number of nitrogens with zero attached hydrogens (tertiary/aromatic N) is 2. The summed E-state index contributed by atoms with van der Waals surface area (Å²) >= 11 is 0. The summed E-state index contributed by atoms with van der Waals surface area (Å²) in [6.07, 6.45) is 0. The molecule has 10 heteroatoms. The van der Waals surface area contributed by atoms with Crippen molar-refractivity contribution in [3.8, 4) is 5.75 Å². The zero-order chi connectivity index (χ0) is 24.9. The number of nitro benzene ring substituents is 1. The van der Waals surface area contributed by atoms with Crippen molar-refractivity contribution in [2.75, 3.05) is 18.0 Å². The van der Waals surface area contributed by atoms with E-state index in [1.807, 2.05) is 31.2 Å². The molecule has 34 heavy (non-hydrogen) atoms. The number of hydrogen-bond donors (Lipinski definition) is 1. The highest BCUT2D eigenvalue weighted by Crippen LogP contribution is 2.29. The van der Waals surface area contributed by atoms with Crippen LogP contribution in [0.15, 0.2) is 71.6 Å². The fourth-order valence-electron chi connectivity index (χ4n) is 3.23. The van der Waals surface area contributed by atoms with Crippen molar-refractivity contribution in [1.82, 2.24) is 5.32 Å². The maximum absolute atomic E-state index is 13.5. The monoisotopic (exact) mass is 483 g/mol. The summed E-state index contributed by atoms with van der Waals surface area (Å²) in [5.74, 6) is -0.0162. The first-order chi connectivity index (χ1) is 16.1. The standard InChI is InChI=1S/C24H25N3O6S/c1-17-4-7-19(8-5-17)15-25-24(28)16-26(20-9-11-21(33-3)12-10-20)34(31,32)22-13-6-18(2)23(14-22)27(29)30/h4-14H,15-16H2,1-3H3,(H,25,28). The predicted molar refractivity (Wildman–Crippen MR) is 128 cm³/mol. The molecule has 178 valence electrons. The Morgan fingerprint density at radius 1 is 1.03 bits per heavy atom. The molecule has 0 unspecified atom stereocenters. The number of sulfonamides is 1. The molecule has 0 radical (unpaired) electrons. The summed E-state index contributed by atoms with van der Waals surface area (Å²) in [5.41, 5.74) is 2.18. The van der Waals surface area contributed by atoms with Crippen molar-refractivity contribution < 1.29 is 22.9 Å². The van der Waals surface area contributed by atoms with Crippen LogP contribution in [0.5, 0.6) is 5.75 Å². The molecular weight excluding hydrogens is 458 g/mol. The topological polar surface area (TPSA) is 119 Å². The molecule has 0 aliphatic rings. The third kappa shape index (κ3) is 5.70. The van der Waals surface area contributed by atoms with Crippen LogP contribution in [0.2, 0.25) is 0 Å². The molecule has 3 aromatic rings. The Balaban J connectivity index is 1.92. The number of hydrogen-bond acceptors (Lipinski definition) is 6. The van der Waals surface area contributed by atoms with E-state index in [0.717, 1.165) is 21.5 Å². The number of nitro groups is 1. The highest BCUT2D eigenvalue weighted by molar-refractivity contribution is 7.92. The Labute approximate surface area is 198 Å². The van der Waals surface area contributed by atoms with Gasteiger partial charge in [-0.15, -0.1) is 0 Å². The average molecular weight is 484 g/mol. The van der Waals surface area contributed by atoms with Gasteiger partial charge in [-0.05, 0) is 49.7 Å². The lowest BCUT2D eigenvalue weighted by molar-refractivity contribution is -0.385. The Morgan fingerprint density at radius 2 is 1.68 bits per heavy atom. The minimum atomic E-state index is -4.30. The quantitative estimate of drug-likeness (QED) is 0.366. The van der Waals surface area contributed by atoms with Gasteiger partial charge >= 0.3 is 0 Å². The summed E-state index contributed by atoms with van der Waals surface area (Å²) in [7, 11) is -2.82. The van der Waals surface area contributed by atoms with Crippen LogP contribution in [-0.2, 0) is 21.4 Å². The summed E-state index contributed by atoms with van der Waals surface area (Å²) in [5, 5.41) is 14.1. The van der Waals surface area contributed by atoms with Gasteiger partial charge in [-0.2, -0.15) is 0 Å². The van der Waals surface area contributed by atoms with Crippen LogP contribution in [0.25, 0.3) is 0 Å². The van der Waals surface area contributed by atoms with Crippen LogP contribution in [-0.4, -0.2) is 32.9 Å². The summed E-state index contributed by atoms with van der Waals surface area (Å²) < 4.78 is 33.1. The number of ether oxygens (including phenoxy) is 1. The molecule has 0 aromatic heterocycles. The Bertz CT molecular complexity index is 1290. The molecule has 0 aliphatic heterocycles. The van der Waals surface area contributed by atoms with E-state index in [1.54, 1.807) is 12.1 Å². The second kappa shape index (κ2) is 10.3. The van der Waals surface area contributed by atoms with E-state index < -0.39 is 27.4 Å². The maximum atomic E-state index is 13.5. The lowest BCUT2D eigenvalue weighted by Crippen LogP contribution is -2.40. The van der Waals surface area contributed by atoms with Gasteiger partial charge in [0.1, 0.15) is 12.3 Å². The molecule has 0 saturated heterocycles. The first-order valence-electron chi connectivity index (χ1n) is 10.4. The third-order valence-electron chi connectivity index (χ3n) is 5.22. The number of rotatable bonds is 9. The fourth-order valence-corrected chi connectivity index (χ4v) is 4.67. The number of benzene rings is 3. The van der Waals surface area contributed by atoms with Gasteiger partial charge in [0.15, 0.2) is 0 Å². The van der Waals surface area contributed by atoms with Crippen LogP contribution in [0.4, 0.5) is 11.4 Å². The highest BCUT2D eigenvalue weighted by atomic mass is 32.2. The molecule has 3 rings (SSSR count).